The first kappa shape index (κ1) is 19.3. The number of likely N-dealkylation sites (tertiary alicyclic amines) is 1. The van der Waals surface area contributed by atoms with Crippen LogP contribution in [-0.4, -0.2) is 44.7 Å². The van der Waals surface area contributed by atoms with Gasteiger partial charge in [0.25, 0.3) is 5.91 Å². The van der Waals surface area contributed by atoms with Crippen LogP contribution in [0.3, 0.4) is 0 Å². The highest BCUT2D eigenvalue weighted by Gasteiger charge is 2.30. The SMILES string of the molecule is Cc1ccccc1Cn1cc(C(=O)N2CCC[C@H](C(=O)CC(C)C)C2)nn1. The van der Waals surface area contributed by atoms with E-state index in [9.17, 15) is 9.59 Å². The lowest BCUT2D eigenvalue weighted by atomic mass is 9.89. The summed E-state index contributed by atoms with van der Waals surface area (Å²) in [7, 11) is 0. The van der Waals surface area contributed by atoms with Gasteiger partial charge in [-0.25, -0.2) is 4.68 Å². The normalized spacial score (nSPS) is 17.3. The first-order valence-corrected chi connectivity index (χ1v) is 9.70. The lowest BCUT2D eigenvalue weighted by Crippen LogP contribution is -2.42. The van der Waals surface area contributed by atoms with Crippen molar-refractivity contribution in [3.05, 3.63) is 47.3 Å². The Balaban J connectivity index is 1.65. The molecule has 1 saturated heterocycles. The number of rotatable bonds is 6. The number of carbonyl (C=O) groups excluding carboxylic acids is 2. The molecule has 1 aliphatic rings. The molecule has 1 aromatic carbocycles. The van der Waals surface area contributed by atoms with Gasteiger partial charge < -0.3 is 4.90 Å². The standard InChI is InChI=1S/C21H28N4O2/c1-15(2)11-20(26)18-9-6-10-24(12-18)21(27)19-14-25(23-22-19)13-17-8-5-4-7-16(17)3/h4-5,7-8,14-15,18H,6,9-13H2,1-3H3/t18-/m0/s1. The minimum atomic E-state index is -0.131. The predicted octanol–water partition coefficient (Wildman–Crippen LogP) is 3.10. The van der Waals surface area contributed by atoms with Gasteiger partial charge in [-0.1, -0.05) is 43.3 Å². The zero-order valence-electron chi connectivity index (χ0n) is 16.4. The lowest BCUT2D eigenvalue weighted by molar-refractivity contribution is -0.124. The van der Waals surface area contributed by atoms with Crippen LogP contribution in [0.15, 0.2) is 30.5 Å². The van der Waals surface area contributed by atoms with Crippen molar-refractivity contribution in [3.63, 3.8) is 0 Å². The van der Waals surface area contributed by atoms with E-state index >= 15 is 0 Å². The van der Waals surface area contributed by atoms with Crippen LogP contribution >= 0.6 is 0 Å². The molecule has 1 fully saturated rings. The van der Waals surface area contributed by atoms with Crippen molar-refractivity contribution in [2.24, 2.45) is 11.8 Å². The fraction of sp³-hybridized carbons (Fsp3) is 0.524. The molecule has 2 heterocycles. The smallest absolute Gasteiger partial charge is 0.276 e. The molecule has 0 bridgehead atoms. The Hall–Kier alpha value is -2.50. The molecule has 6 nitrogen and oxygen atoms in total. The van der Waals surface area contributed by atoms with Crippen LogP contribution in [0, 0.1) is 18.8 Å². The van der Waals surface area contributed by atoms with Gasteiger partial charge in [-0.15, -0.1) is 5.10 Å². The van der Waals surface area contributed by atoms with Gasteiger partial charge in [0.05, 0.1) is 12.7 Å². The lowest BCUT2D eigenvalue weighted by Gasteiger charge is -2.31. The van der Waals surface area contributed by atoms with E-state index in [4.69, 9.17) is 0 Å². The van der Waals surface area contributed by atoms with Crippen molar-refractivity contribution in [1.82, 2.24) is 19.9 Å². The molecule has 0 unspecified atom stereocenters. The number of hydrogen-bond donors (Lipinski definition) is 0. The second-order valence-electron chi connectivity index (χ2n) is 7.88. The summed E-state index contributed by atoms with van der Waals surface area (Å²) in [5, 5.41) is 8.19. The number of amides is 1. The molecule has 1 atom stereocenters. The highest BCUT2D eigenvalue weighted by atomic mass is 16.2. The quantitative estimate of drug-likeness (QED) is 0.786. The maximum atomic E-state index is 12.8. The van der Waals surface area contributed by atoms with Crippen LogP contribution in [0.2, 0.25) is 0 Å². The second kappa shape index (κ2) is 8.46. The number of ketones is 1. The molecule has 0 N–H and O–H groups in total. The van der Waals surface area contributed by atoms with Crippen LogP contribution in [0.4, 0.5) is 0 Å². The van der Waals surface area contributed by atoms with Crippen LogP contribution in [0.5, 0.6) is 0 Å². The Morgan fingerprint density at radius 3 is 2.78 bits per heavy atom. The van der Waals surface area contributed by atoms with Gasteiger partial charge in [0, 0.05) is 25.4 Å². The molecular weight excluding hydrogens is 340 g/mol. The fourth-order valence-electron chi connectivity index (χ4n) is 3.59. The van der Waals surface area contributed by atoms with E-state index in [0.717, 1.165) is 18.4 Å². The molecule has 6 heteroatoms. The third-order valence-electron chi connectivity index (χ3n) is 5.12. The molecule has 2 aromatic rings. The number of nitrogens with zero attached hydrogens (tertiary/aromatic N) is 4. The van der Waals surface area contributed by atoms with Gasteiger partial charge in [-0.3, -0.25) is 9.59 Å². The molecule has 144 valence electrons. The fourth-order valence-corrected chi connectivity index (χ4v) is 3.59. The predicted molar refractivity (Wildman–Crippen MR) is 103 cm³/mol. The first-order valence-electron chi connectivity index (χ1n) is 9.70. The molecule has 0 spiro atoms. The van der Waals surface area contributed by atoms with Crippen molar-refractivity contribution >= 4 is 11.7 Å². The van der Waals surface area contributed by atoms with Crippen LogP contribution in [0.1, 0.15) is 54.7 Å². The summed E-state index contributed by atoms with van der Waals surface area (Å²) in [6, 6.07) is 8.10. The molecule has 1 amide bonds. The molecule has 1 aliphatic heterocycles. The Labute approximate surface area is 160 Å². The van der Waals surface area contributed by atoms with Crippen LogP contribution < -0.4 is 0 Å². The number of aromatic nitrogens is 3. The minimum absolute atomic E-state index is 0.0490. The van der Waals surface area contributed by atoms with Gasteiger partial charge >= 0.3 is 0 Å². The van der Waals surface area contributed by atoms with Crippen molar-refractivity contribution in [1.29, 1.82) is 0 Å². The number of Topliss-reactive ketones (excluding diaryl/α,β-unsaturated/α-hetero) is 1. The molecule has 0 saturated carbocycles. The number of aryl methyl sites for hydroxylation is 1. The van der Waals surface area contributed by atoms with Crippen LogP contribution in [-0.2, 0) is 11.3 Å². The summed E-state index contributed by atoms with van der Waals surface area (Å²) in [4.78, 5) is 27.0. The topological polar surface area (TPSA) is 68.1 Å². The van der Waals surface area contributed by atoms with E-state index in [-0.39, 0.29) is 17.6 Å². The van der Waals surface area contributed by atoms with Crippen molar-refractivity contribution in [2.45, 2.75) is 46.6 Å². The summed E-state index contributed by atoms with van der Waals surface area (Å²) in [6.45, 7) is 7.92. The summed E-state index contributed by atoms with van der Waals surface area (Å²) in [5.41, 5.74) is 2.68. The first-order chi connectivity index (χ1) is 12.9. The van der Waals surface area contributed by atoms with E-state index < -0.39 is 0 Å². The largest absolute Gasteiger partial charge is 0.336 e. The Kier molecular flexibility index (Phi) is 6.04. The Bertz CT molecular complexity index is 812. The Morgan fingerprint density at radius 2 is 2.04 bits per heavy atom. The van der Waals surface area contributed by atoms with Crippen molar-refractivity contribution in [2.75, 3.05) is 13.1 Å². The number of carbonyl (C=O) groups is 2. The minimum Gasteiger partial charge on any atom is -0.336 e. The third kappa shape index (κ3) is 4.81. The van der Waals surface area contributed by atoms with E-state index in [1.54, 1.807) is 15.8 Å². The van der Waals surface area contributed by atoms with E-state index in [1.807, 2.05) is 18.2 Å². The van der Waals surface area contributed by atoms with E-state index in [2.05, 4.69) is 37.1 Å². The van der Waals surface area contributed by atoms with Gasteiger partial charge in [-0.05, 0) is 36.8 Å². The number of benzene rings is 1. The summed E-state index contributed by atoms with van der Waals surface area (Å²) in [6.07, 6.45) is 4.01. The monoisotopic (exact) mass is 368 g/mol. The number of hydrogen-bond acceptors (Lipinski definition) is 4. The van der Waals surface area contributed by atoms with E-state index in [0.29, 0.717) is 37.7 Å². The van der Waals surface area contributed by atoms with E-state index in [1.165, 1.54) is 5.56 Å². The summed E-state index contributed by atoms with van der Waals surface area (Å²) < 4.78 is 1.70. The maximum absolute atomic E-state index is 12.8. The van der Waals surface area contributed by atoms with Gasteiger partial charge in [-0.2, -0.15) is 0 Å². The van der Waals surface area contributed by atoms with Gasteiger partial charge in [0.2, 0.25) is 0 Å². The average molecular weight is 368 g/mol. The zero-order valence-corrected chi connectivity index (χ0v) is 16.4. The van der Waals surface area contributed by atoms with Gasteiger partial charge in [0.1, 0.15) is 5.78 Å². The highest BCUT2D eigenvalue weighted by molar-refractivity contribution is 5.92. The second-order valence-corrected chi connectivity index (χ2v) is 7.88. The van der Waals surface area contributed by atoms with Gasteiger partial charge in [0.15, 0.2) is 5.69 Å². The maximum Gasteiger partial charge on any atom is 0.276 e. The molecule has 1 aromatic heterocycles. The average Bonchev–Trinajstić information content (AvgIpc) is 3.11. The summed E-state index contributed by atoms with van der Waals surface area (Å²) >= 11 is 0. The third-order valence-corrected chi connectivity index (χ3v) is 5.12. The van der Waals surface area contributed by atoms with Crippen molar-refractivity contribution in [3.8, 4) is 0 Å². The molecular formula is C21H28N4O2. The highest BCUT2D eigenvalue weighted by Crippen LogP contribution is 2.21. The molecule has 0 aliphatic carbocycles. The molecule has 3 rings (SSSR count). The van der Waals surface area contributed by atoms with Crippen LogP contribution in [0.25, 0.3) is 0 Å². The molecule has 27 heavy (non-hydrogen) atoms. The zero-order chi connectivity index (χ0) is 19.4. The Morgan fingerprint density at radius 1 is 1.26 bits per heavy atom. The molecule has 0 radical (unpaired) electrons. The summed E-state index contributed by atoms with van der Waals surface area (Å²) in [5.74, 6) is 0.441. The van der Waals surface area contributed by atoms with Crippen molar-refractivity contribution < 1.29 is 9.59 Å². The number of piperidine rings is 1.